The van der Waals surface area contributed by atoms with E-state index in [0.29, 0.717) is 11.3 Å². The lowest BCUT2D eigenvalue weighted by atomic mass is 10.1. The molecule has 0 saturated heterocycles. The molecule has 2 aromatic carbocycles. The van der Waals surface area contributed by atoms with Crippen molar-refractivity contribution >= 4 is 33.2 Å². The van der Waals surface area contributed by atoms with Crippen LogP contribution < -0.4 is 11.1 Å². The molecule has 0 aliphatic rings. The summed E-state index contributed by atoms with van der Waals surface area (Å²) in [6.07, 6.45) is 0. The van der Waals surface area contributed by atoms with Crippen molar-refractivity contribution in [2.75, 3.05) is 11.1 Å². The van der Waals surface area contributed by atoms with Crippen molar-refractivity contribution in [2.24, 2.45) is 0 Å². The van der Waals surface area contributed by atoms with Crippen LogP contribution in [-0.4, -0.2) is 5.91 Å². The molecule has 19 heavy (non-hydrogen) atoms. The van der Waals surface area contributed by atoms with Crippen molar-refractivity contribution in [1.82, 2.24) is 0 Å². The molecule has 0 saturated carbocycles. The van der Waals surface area contributed by atoms with Crippen LogP contribution in [0.3, 0.4) is 0 Å². The molecule has 0 atom stereocenters. The van der Waals surface area contributed by atoms with Crippen LogP contribution in [0.1, 0.15) is 15.9 Å². The summed E-state index contributed by atoms with van der Waals surface area (Å²) in [6.45, 7) is 1.84. The largest absolute Gasteiger partial charge is 0.397 e. The number of hydrogen-bond donors (Lipinski definition) is 2. The summed E-state index contributed by atoms with van der Waals surface area (Å²) in [7, 11) is 0. The third-order valence-electron chi connectivity index (χ3n) is 2.77. The normalized spacial score (nSPS) is 10.3. The van der Waals surface area contributed by atoms with E-state index in [9.17, 15) is 9.18 Å². The van der Waals surface area contributed by atoms with Crippen LogP contribution in [0, 0.1) is 12.7 Å². The molecule has 0 heterocycles. The quantitative estimate of drug-likeness (QED) is 0.828. The van der Waals surface area contributed by atoms with Crippen molar-refractivity contribution in [3.63, 3.8) is 0 Å². The molecule has 0 spiro atoms. The molecular weight excluding hydrogens is 311 g/mol. The zero-order valence-electron chi connectivity index (χ0n) is 10.2. The van der Waals surface area contributed by atoms with Gasteiger partial charge in [0.1, 0.15) is 5.82 Å². The van der Waals surface area contributed by atoms with E-state index in [1.807, 2.05) is 13.0 Å². The Morgan fingerprint density at radius 1 is 1.32 bits per heavy atom. The minimum atomic E-state index is -0.436. The lowest BCUT2D eigenvalue weighted by Crippen LogP contribution is -2.14. The van der Waals surface area contributed by atoms with Gasteiger partial charge in [-0.15, -0.1) is 0 Å². The Hall–Kier alpha value is -1.88. The van der Waals surface area contributed by atoms with Crippen molar-refractivity contribution in [1.29, 1.82) is 0 Å². The summed E-state index contributed by atoms with van der Waals surface area (Å²) in [6, 6.07) is 9.21. The highest BCUT2D eigenvalue weighted by Crippen LogP contribution is 2.23. The van der Waals surface area contributed by atoms with Crippen molar-refractivity contribution in [3.05, 3.63) is 57.8 Å². The topological polar surface area (TPSA) is 55.1 Å². The number of halogens is 2. The minimum absolute atomic E-state index is 0.195. The Kier molecular flexibility index (Phi) is 3.85. The summed E-state index contributed by atoms with van der Waals surface area (Å²) in [5.74, 6) is -0.716. The van der Waals surface area contributed by atoms with Crippen LogP contribution in [0.15, 0.2) is 40.9 Å². The van der Waals surface area contributed by atoms with Crippen LogP contribution >= 0.6 is 15.9 Å². The number of nitrogens with one attached hydrogen (secondary N) is 1. The molecular formula is C14H12BrFN2O. The predicted molar refractivity (Wildman–Crippen MR) is 77.6 cm³/mol. The lowest BCUT2D eigenvalue weighted by molar-refractivity contribution is 0.102. The number of hydrogen-bond acceptors (Lipinski definition) is 2. The minimum Gasteiger partial charge on any atom is -0.397 e. The van der Waals surface area contributed by atoms with Gasteiger partial charge in [-0.3, -0.25) is 4.79 Å². The highest BCUT2D eigenvalue weighted by atomic mass is 79.9. The molecule has 3 N–H and O–H groups in total. The van der Waals surface area contributed by atoms with Crippen molar-refractivity contribution in [3.8, 4) is 0 Å². The monoisotopic (exact) mass is 322 g/mol. The first-order valence-electron chi connectivity index (χ1n) is 5.60. The fourth-order valence-corrected chi connectivity index (χ4v) is 2.06. The fourth-order valence-electron chi connectivity index (χ4n) is 1.69. The van der Waals surface area contributed by atoms with Crippen molar-refractivity contribution < 1.29 is 9.18 Å². The first-order chi connectivity index (χ1) is 8.99. The van der Waals surface area contributed by atoms with Crippen LogP contribution in [0.2, 0.25) is 0 Å². The Morgan fingerprint density at radius 3 is 2.74 bits per heavy atom. The maximum Gasteiger partial charge on any atom is 0.256 e. The van der Waals surface area contributed by atoms with Crippen LogP contribution in [0.25, 0.3) is 0 Å². The van der Waals surface area contributed by atoms with E-state index >= 15 is 0 Å². The standard InChI is InChI=1S/C14H12BrFN2O/c1-8-10(3-2-4-11(8)15)14(19)18-13-6-5-9(16)7-12(13)17/h2-7H,17H2,1H3,(H,18,19). The van der Waals surface area contributed by atoms with Gasteiger partial charge in [0, 0.05) is 10.0 Å². The SMILES string of the molecule is Cc1c(Br)cccc1C(=O)Nc1ccc(F)cc1N. The molecule has 0 bridgehead atoms. The number of rotatable bonds is 2. The van der Waals surface area contributed by atoms with Gasteiger partial charge in [0.25, 0.3) is 5.91 Å². The number of benzene rings is 2. The van der Waals surface area contributed by atoms with Crippen LogP contribution in [0.4, 0.5) is 15.8 Å². The second-order valence-corrected chi connectivity index (χ2v) is 4.95. The second-order valence-electron chi connectivity index (χ2n) is 4.10. The molecule has 0 aliphatic carbocycles. The summed E-state index contributed by atoms with van der Waals surface area (Å²) in [4.78, 5) is 12.1. The van der Waals surface area contributed by atoms with Gasteiger partial charge >= 0.3 is 0 Å². The molecule has 2 rings (SSSR count). The van der Waals surface area contributed by atoms with E-state index in [2.05, 4.69) is 21.2 Å². The molecule has 1 amide bonds. The molecule has 0 radical (unpaired) electrons. The Morgan fingerprint density at radius 2 is 2.05 bits per heavy atom. The van der Waals surface area contributed by atoms with Crippen LogP contribution in [0.5, 0.6) is 0 Å². The van der Waals surface area contributed by atoms with Crippen molar-refractivity contribution in [2.45, 2.75) is 6.92 Å². The number of carbonyl (C=O) groups is 1. The van der Waals surface area contributed by atoms with E-state index in [-0.39, 0.29) is 11.6 Å². The zero-order chi connectivity index (χ0) is 14.0. The van der Waals surface area contributed by atoms with Gasteiger partial charge in [0.2, 0.25) is 0 Å². The van der Waals surface area contributed by atoms with E-state index in [4.69, 9.17) is 5.73 Å². The maximum atomic E-state index is 12.9. The summed E-state index contributed by atoms with van der Waals surface area (Å²) in [5, 5.41) is 2.67. The molecule has 98 valence electrons. The number of nitrogens with two attached hydrogens (primary N) is 1. The molecule has 0 aliphatic heterocycles. The summed E-state index contributed by atoms with van der Waals surface area (Å²) >= 11 is 3.37. The maximum absolute atomic E-state index is 12.9. The highest BCUT2D eigenvalue weighted by molar-refractivity contribution is 9.10. The fraction of sp³-hybridized carbons (Fsp3) is 0.0714. The van der Waals surface area contributed by atoms with E-state index in [0.717, 1.165) is 10.0 Å². The molecule has 3 nitrogen and oxygen atoms in total. The Balaban J connectivity index is 2.28. The number of carbonyl (C=O) groups excluding carboxylic acids is 1. The van der Waals surface area contributed by atoms with E-state index < -0.39 is 5.82 Å². The molecule has 5 heteroatoms. The molecule has 0 fully saturated rings. The average Bonchev–Trinajstić information content (AvgIpc) is 2.36. The Labute approximate surface area is 118 Å². The first-order valence-corrected chi connectivity index (χ1v) is 6.40. The third-order valence-corrected chi connectivity index (χ3v) is 3.63. The number of nitrogen functional groups attached to an aromatic ring is 1. The van der Waals surface area contributed by atoms with Gasteiger partial charge < -0.3 is 11.1 Å². The number of amides is 1. The first kappa shape index (κ1) is 13.5. The van der Waals surface area contributed by atoms with Gasteiger partial charge in [0.05, 0.1) is 11.4 Å². The zero-order valence-corrected chi connectivity index (χ0v) is 11.8. The lowest BCUT2D eigenvalue weighted by Gasteiger charge is -2.10. The molecule has 2 aromatic rings. The summed E-state index contributed by atoms with van der Waals surface area (Å²) in [5.41, 5.74) is 7.62. The van der Waals surface area contributed by atoms with Gasteiger partial charge in [-0.25, -0.2) is 4.39 Å². The number of anilines is 2. The molecule has 0 unspecified atom stereocenters. The van der Waals surface area contributed by atoms with Gasteiger partial charge in [-0.05, 0) is 42.8 Å². The van der Waals surface area contributed by atoms with Gasteiger partial charge in [-0.1, -0.05) is 22.0 Å². The third kappa shape index (κ3) is 2.93. The van der Waals surface area contributed by atoms with E-state index in [1.54, 1.807) is 12.1 Å². The summed E-state index contributed by atoms with van der Waals surface area (Å²) < 4.78 is 13.8. The predicted octanol–water partition coefficient (Wildman–Crippen LogP) is 3.73. The van der Waals surface area contributed by atoms with Crippen LogP contribution in [-0.2, 0) is 0 Å². The Bertz CT molecular complexity index is 643. The smallest absolute Gasteiger partial charge is 0.256 e. The average molecular weight is 323 g/mol. The van der Waals surface area contributed by atoms with E-state index in [1.165, 1.54) is 18.2 Å². The van der Waals surface area contributed by atoms with Gasteiger partial charge in [0.15, 0.2) is 0 Å². The highest BCUT2D eigenvalue weighted by Gasteiger charge is 2.12. The molecule has 0 aromatic heterocycles. The van der Waals surface area contributed by atoms with Gasteiger partial charge in [-0.2, -0.15) is 0 Å². The second kappa shape index (κ2) is 5.40.